The molecule has 1 rings (SSSR count). The first-order valence-electron chi connectivity index (χ1n) is 5.04. The Hall–Kier alpha value is -1.18. The summed E-state index contributed by atoms with van der Waals surface area (Å²) in [5, 5.41) is 9.38. The molecule has 0 spiro atoms. The van der Waals surface area contributed by atoms with Gasteiger partial charge in [-0.25, -0.2) is 0 Å². The first-order chi connectivity index (χ1) is 7.88. The van der Waals surface area contributed by atoms with E-state index in [1.807, 2.05) is 0 Å². The monoisotopic (exact) mass is 273 g/mol. The maximum Gasteiger partial charge on any atom is 0.270 e. The van der Waals surface area contributed by atoms with Gasteiger partial charge in [-0.05, 0) is 13.0 Å². The summed E-state index contributed by atoms with van der Waals surface area (Å²) < 4.78 is 1.53. The van der Waals surface area contributed by atoms with E-state index >= 15 is 0 Å². The number of halogens is 2. The minimum Gasteiger partial charge on any atom is -0.339 e. The van der Waals surface area contributed by atoms with E-state index in [0.29, 0.717) is 22.4 Å². The summed E-state index contributed by atoms with van der Waals surface area (Å²) in [7, 11) is 3.31. The maximum atomic E-state index is 12.1. The highest BCUT2D eigenvalue weighted by molar-refractivity contribution is 6.41. The van der Waals surface area contributed by atoms with Crippen molar-refractivity contribution in [1.29, 1.82) is 5.26 Å². The van der Waals surface area contributed by atoms with Crippen LogP contribution in [-0.4, -0.2) is 29.0 Å². The van der Waals surface area contributed by atoms with E-state index in [9.17, 15) is 4.79 Å². The van der Waals surface area contributed by atoms with Gasteiger partial charge in [0, 0.05) is 20.6 Å². The van der Waals surface area contributed by atoms with Crippen molar-refractivity contribution < 1.29 is 4.79 Å². The molecule has 0 fully saturated rings. The van der Waals surface area contributed by atoms with E-state index in [4.69, 9.17) is 28.5 Å². The molecule has 0 radical (unpaired) electrons. The van der Waals surface area contributed by atoms with Crippen LogP contribution in [0, 0.1) is 17.2 Å². The summed E-state index contributed by atoms with van der Waals surface area (Å²) in [6, 6.07) is 3.61. The molecule has 0 N–H and O–H groups in total. The van der Waals surface area contributed by atoms with Gasteiger partial charge in [0.1, 0.15) is 10.8 Å². The first kappa shape index (κ1) is 13.9. The summed E-state index contributed by atoms with van der Waals surface area (Å²) in [4.78, 5) is 13.5. The van der Waals surface area contributed by atoms with E-state index in [1.54, 1.807) is 21.0 Å². The molecule has 0 bridgehead atoms. The predicted octanol–water partition coefficient (Wildman–Crippen LogP) is 2.56. The third kappa shape index (κ3) is 2.93. The van der Waals surface area contributed by atoms with Gasteiger partial charge in [-0.15, -0.1) is 0 Å². The molecule has 0 aliphatic heterocycles. The highest BCUT2D eigenvalue weighted by atomic mass is 35.5. The van der Waals surface area contributed by atoms with Crippen molar-refractivity contribution >= 4 is 29.1 Å². The number of carbonyl (C=O) groups is 1. The number of aromatic nitrogens is 1. The number of amides is 1. The Morgan fingerprint density at radius 1 is 1.65 bits per heavy atom. The van der Waals surface area contributed by atoms with Crippen LogP contribution in [0.1, 0.15) is 17.4 Å². The largest absolute Gasteiger partial charge is 0.339 e. The molecule has 4 nitrogen and oxygen atoms in total. The molecule has 0 aliphatic carbocycles. The number of nitrogens with zero attached hydrogens (tertiary/aromatic N) is 3. The van der Waals surface area contributed by atoms with Crippen LogP contribution < -0.4 is 0 Å². The van der Waals surface area contributed by atoms with E-state index in [1.165, 1.54) is 15.5 Å². The van der Waals surface area contributed by atoms with Crippen molar-refractivity contribution in [2.75, 3.05) is 13.6 Å². The molecule has 0 saturated heterocycles. The highest BCUT2D eigenvalue weighted by Crippen LogP contribution is 2.25. The summed E-state index contributed by atoms with van der Waals surface area (Å²) in [6.45, 7) is 2.13. The van der Waals surface area contributed by atoms with Crippen LogP contribution >= 0.6 is 23.2 Å². The zero-order chi connectivity index (χ0) is 13.2. The standard InChI is InChI=1S/C11H13Cl2N3O/c1-7(5-14)6-15(2)11(17)9-4-8(12)10(13)16(9)3/h4,7H,6H2,1-3H3. The normalized spacial score (nSPS) is 12.0. The molecule has 0 aromatic carbocycles. The quantitative estimate of drug-likeness (QED) is 0.850. The fourth-order valence-electron chi connectivity index (χ4n) is 1.48. The van der Waals surface area contributed by atoms with Gasteiger partial charge in [0.15, 0.2) is 0 Å². The van der Waals surface area contributed by atoms with Crippen molar-refractivity contribution in [2.45, 2.75) is 6.92 Å². The summed E-state index contributed by atoms with van der Waals surface area (Å²) in [5.41, 5.74) is 0.410. The lowest BCUT2D eigenvalue weighted by Gasteiger charge is -2.18. The van der Waals surface area contributed by atoms with Gasteiger partial charge >= 0.3 is 0 Å². The van der Waals surface area contributed by atoms with Gasteiger partial charge in [-0.1, -0.05) is 23.2 Å². The van der Waals surface area contributed by atoms with Crippen molar-refractivity contribution in [3.8, 4) is 6.07 Å². The molecular formula is C11H13Cl2N3O. The smallest absolute Gasteiger partial charge is 0.270 e. The van der Waals surface area contributed by atoms with Crippen LogP contribution in [0.15, 0.2) is 6.07 Å². The number of hydrogen-bond acceptors (Lipinski definition) is 2. The first-order valence-corrected chi connectivity index (χ1v) is 5.79. The summed E-state index contributed by atoms with van der Waals surface area (Å²) in [6.07, 6.45) is 0. The van der Waals surface area contributed by atoms with Gasteiger partial charge < -0.3 is 9.47 Å². The average Bonchev–Trinajstić information content (AvgIpc) is 2.55. The van der Waals surface area contributed by atoms with Crippen LogP contribution in [0.3, 0.4) is 0 Å². The van der Waals surface area contributed by atoms with Gasteiger partial charge in [-0.2, -0.15) is 5.26 Å². The topological polar surface area (TPSA) is 49.0 Å². The summed E-state index contributed by atoms with van der Waals surface area (Å²) in [5.74, 6) is -0.418. The lowest BCUT2D eigenvalue weighted by molar-refractivity contribution is 0.0775. The molecule has 1 aromatic rings. The summed E-state index contributed by atoms with van der Waals surface area (Å²) >= 11 is 11.7. The van der Waals surface area contributed by atoms with Crippen molar-refractivity contribution in [3.63, 3.8) is 0 Å². The van der Waals surface area contributed by atoms with Gasteiger partial charge in [0.25, 0.3) is 5.91 Å². The molecule has 1 heterocycles. The average molecular weight is 274 g/mol. The molecule has 1 amide bonds. The minimum atomic E-state index is -0.213. The Balaban J connectivity index is 2.90. The Labute approximate surface area is 110 Å². The third-order valence-electron chi connectivity index (χ3n) is 2.45. The maximum absolute atomic E-state index is 12.1. The number of hydrogen-bond donors (Lipinski definition) is 0. The second kappa shape index (κ2) is 5.44. The molecule has 1 atom stereocenters. The minimum absolute atomic E-state index is 0.205. The number of nitriles is 1. The Morgan fingerprint density at radius 3 is 2.65 bits per heavy atom. The van der Waals surface area contributed by atoms with Crippen LogP contribution in [0.4, 0.5) is 0 Å². The second-order valence-electron chi connectivity index (χ2n) is 3.94. The molecule has 6 heteroatoms. The van der Waals surface area contributed by atoms with Crippen LogP contribution in [0.25, 0.3) is 0 Å². The lowest BCUT2D eigenvalue weighted by atomic mass is 10.2. The number of carbonyl (C=O) groups excluding carboxylic acids is 1. The van der Waals surface area contributed by atoms with Gasteiger partial charge in [0.2, 0.25) is 0 Å². The molecule has 0 saturated carbocycles. The van der Waals surface area contributed by atoms with E-state index in [2.05, 4.69) is 6.07 Å². The Morgan fingerprint density at radius 2 is 2.24 bits per heavy atom. The van der Waals surface area contributed by atoms with Crippen molar-refractivity contribution in [2.24, 2.45) is 13.0 Å². The second-order valence-corrected chi connectivity index (χ2v) is 4.71. The van der Waals surface area contributed by atoms with Crippen molar-refractivity contribution in [1.82, 2.24) is 9.47 Å². The van der Waals surface area contributed by atoms with Gasteiger partial charge in [0.05, 0.1) is 17.0 Å². The lowest BCUT2D eigenvalue weighted by Crippen LogP contribution is -2.31. The fourth-order valence-corrected chi connectivity index (χ4v) is 1.85. The Bertz CT molecular complexity index is 476. The fraction of sp³-hybridized carbons (Fsp3) is 0.455. The zero-order valence-electron chi connectivity index (χ0n) is 9.87. The van der Waals surface area contributed by atoms with Crippen LogP contribution in [0.2, 0.25) is 10.2 Å². The van der Waals surface area contributed by atoms with Crippen LogP contribution in [-0.2, 0) is 7.05 Å². The highest BCUT2D eigenvalue weighted by Gasteiger charge is 2.20. The molecule has 17 heavy (non-hydrogen) atoms. The molecule has 0 aliphatic rings. The van der Waals surface area contributed by atoms with Crippen molar-refractivity contribution in [3.05, 3.63) is 21.9 Å². The van der Waals surface area contributed by atoms with Crippen LogP contribution in [0.5, 0.6) is 0 Å². The molecule has 1 aromatic heterocycles. The Kier molecular flexibility index (Phi) is 4.44. The third-order valence-corrected chi connectivity index (χ3v) is 3.29. The molecule has 92 valence electrons. The zero-order valence-corrected chi connectivity index (χ0v) is 11.4. The molecule has 1 unspecified atom stereocenters. The number of rotatable bonds is 3. The predicted molar refractivity (Wildman–Crippen MR) is 67.2 cm³/mol. The van der Waals surface area contributed by atoms with Gasteiger partial charge in [-0.3, -0.25) is 4.79 Å². The van der Waals surface area contributed by atoms with E-state index in [0.717, 1.165) is 0 Å². The SMILES string of the molecule is CC(C#N)CN(C)C(=O)c1cc(Cl)c(Cl)n1C. The molecular weight excluding hydrogens is 261 g/mol. The van der Waals surface area contributed by atoms with E-state index < -0.39 is 0 Å². The van der Waals surface area contributed by atoms with E-state index in [-0.39, 0.29) is 11.8 Å².